The largest absolute Gasteiger partial charge is 0.493 e. The highest BCUT2D eigenvalue weighted by molar-refractivity contribution is 6.32. The van der Waals surface area contributed by atoms with Crippen molar-refractivity contribution in [2.45, 2.75) is 20.1 Å². The van der Waals surface area contributed by atoms with Crippen molar-refractivity contribution in [2.24, 2.45) is 0 Å². The Balaban J connectivity index is 1.72. The zero-order chi connectivity index (χ0) is 17.6. The van der Waals surface area contributed by atoms with Crippen molar-refractivity contribution >= 4 is 17.5 Å². The second kappa shape index (κ2) is 7.90. The van der Waals surface area contributed by atoms with E-state index in [0.29, 0.717) is 35.6 Å². The first-order valence-corrected chi connectivity index (χ1v) is 8.17. The number of hydrogen-bond acceptors (Lipinski definition) is 5. The first-order chi connectivity index (χ1) is 12.2. The molecule has 1 heterocycles. The van der Waals surface area contributed by atoms with Crippen molar-refractivity contribution in [3.05, 3.63) is 64.4 Å². The molecular weight excluding hydrogens is 340 g/mol. The van der Waals surface area contributed by atoms with Crippen LogP contribution in [0.4, 0.5) is 5.95 Å². The van der Waals surface area contributed by atoms with E-state index in [-0.39, 0.29) is 0 Å². The van der Waals surface area contributed by atoms with E-state index < -0.39 is 0 Å². The maximum atomic E-state index is 6.40. The fraction of sp³-hybridized carbons (Fsp3) is 0.222. The third-order valence-electron chi connectivity index (χ3n) is 3.63. The van der Waals surface area contributed by atoms with Gasteiger partial charge in [0.1, 0.15) is 12.9 Å². The predicted molar refractivity (Wildman–Crippen MR) is 97.2 cm³/mol. The lowest BCUT2D eigenvalue weighted by atomic mass is 10.1. The molecule has 0 aliphatic heterocycles. The number of aryl methyl sites for hydroxylation is 1. The van der Waals surface area contributed by atoms with Gasteiger partial charge >= 0.3 is 0 Å². The first-order valence-electron chi connectivity index (χ1n) is 7.79. The normalized spacial score (nSPS) is 10.5. The molecule has 0 atom stereocenters. The number of aromatic nitrogens is 3. The lowest BCUT2D eigenvalue weighted by Crippen LogP contribution is -2.03. The average Bonchev–Trinajstić information content (AvgIpc) is 3.12. The fourth-order valence-corrected chi connectivity index (χ4v) is 2.74. The number of halogens is 1. The summed E-state index contributed by atoms with van der Waals surface area (Å²) in [6, 6.07) is 11.9. The molecule has 0 saturated carbocycles. The van der Waals surface area contributed by atoms with Crippen molar-refractivity contribution in [3.8, 4) is 11.5 Å². The molecule has 0 amide bonds. The van der Waals surface area contributed by atoms with Gasteiger partial charge in [-0.1, -0.05) is 41.4 Å². The van der Waals surface area contributed by atoms with E-state index in [1.807, 2.05) is 37.3 Å². The van der Waals surface area contributed by atoms with E-state index in [4.69, 9.17) is 21.1 Å². The number of benzene rings is 2. The summed E-state index contributed by atoms with van der Waals surface area (Å²) < 4.78 is 11.3. The number of H-pyrrole nitrogens is 1. The number of nitrogens with one attached hydrogen (secondary N) is 2. The second-order valence-corrected chi connectivity index (χ2v) is 5.98. The van der Waals surface area contributed by atoms with Gasteiger partial charge in [0.05, 0.1) is 12.1 Å². The Labute approximate surface area is 151 Å². The molecule has 0 fully saturated rings. The summed E-state index contributed by atoms with van der Waals surface area (Å²) in [6.07, 6.45) is 1.44. The minimum Gasteiger partial charge on any atom is -0.493 e. The van der Waals surface area contributed by atoms with Gasteiger partial charge in [0.2, 0.25) is 5.95 Å². The summed E-state index contributed by atoms with van der Waals surface area (Å²) in [7, 11) is 1.60. The molecule has 0 saturated heterocycles. The molecule has 0 spiro atoms. The second-order valence-electron chi connectivity index (χ2n) is 5.57. The zero-order valence-electron chi connectivity index (χ0n) is 14.0. The molecule has 0 aliphatic carbocycles. The molecule has 0 aliphatic rings. The van der Waals surface area contributed by atoms with E-state index >= 15 is 0 Å². The van der Waals surface area contributed by atoms with Gasteiger partial charge in [-0.25, -0.2) is 10.1 Å². The molecule has 25 heavy (non-hydrogen) atoms. The maximum Gasteiger partial charge on any atom is 0.218 e. The highest BCUT2D eigenvalue weighted by Gasteiger charge is 2.13. The molecule has 6 nitrogen and oxygen atoms in total. The average molecular weight is 359 g/mol. The van der Waals surface area contributed by atoms with Crippen LogP contribution in [0.5, 0.6) is 11.5 Å². The van der Waals surface area contributed by atoms with Gasteiger partial charge < -0.3 is 14.8 Å². The molecule has 0 radical (unpaired) electrons. The Morgan fingerprint density at radius 3 is 2.80 bits per heavy atom. The first kappa shape index (κ1) is 17.1. The zero-order valence-corrected chi connectivity index (χ0v) is 14.8. The van der Waals surface area contributed by atoms with Crippen molar-refractivity contribution in [3.63, 3.8) is 0 Å². The van der Waals surface area contributed by atoms with E-state index in [2.05, 4.69) is 26.6 Å². The number of rotatable bonds is 7. The summed E-state index contributed by atoms with van der Waals surface area (Å²) in [5.74, 6) is 1.72. The quantitative estimate of drug-likeness (QED) is 0.668. The molecule has 3 aromatic rings. The minimum atomic E-state index is 0.424. The van der Waals surface area contributed by atoms with E-state index in [1.54, 1.807) is 7.11 Å². The minimum absolute atomic E-state index is 0.424. The molecule has 0 unspecified atom stereocenters. The van der Waals surface area contributed by atoms with Crippen LogP contribution in [-0.2, 0) is 13.2 Å². The van der Waals surface area contributed by atoms with Gasteiger partial charge in [-0.05, 0) is 30.2 Å². The van der Waals surface area contributed by atoms with Crippen molar-refractivity contribution in [1.82, 2.24) is 15.2 Å². The van der Waals surface area contributed by atoms with Crippen molar-refractivity contribution < 1.29 is 9.47 Å². The Kier molecular flexibility index (Phi) is 5.40. The van der Waals surface area contributed by atoms with Crippen LogP contribution >= 0.6 is 11.6 Å². The molecule has 130 valence electrons. The Morgan fingerprint density at radius 1 is 1.20 bits per heavy atom. The van der Waals surface area contributed by atoms with Crippen LogP contribution in [0.3, 0.4) is 0 Å². The number of nitrogens with zero attached hydrogens (tertiary/aromatic N) is 2. The van der Waals surface area contributed by atoms with Gasteiger partial charge in [0.15, 0.2) is 11.5 Å². The SMILES string of the molecule is COc1cc(CNc2ncn[nH]2)cc(Cl)c1OCc1cccc(C)c1. The molecule has 1 aromatic heterocycles. The van der Waals surface area contributed by atoms with Crippen LogP contribution in [0, 0.1) is 6.92 Å². The topological polar surface area (TPSA) is 72.1 Å². The summed E-state index contributed by atoms with van der Waals surface area (Å²) in [6.45, 7) is 3.00. The van der Waals surface area contributed by atoms with Crippen molar-refractivity contribution in [2.75, 3.05) is 12.4 Å². The summed E-state index contributed by atoms with van der Waals surface area (Å²) >= 11 is 6.40. The molecule has 0 bridgehead atoms. The monoisotopic (exact) mass is 358 g/mol. The Hall–Kier alpha value is -2.73. The van der Waals surface area contributed by atoms with E-state index in [1.165, 1.54) is 11.9 Å². The number of ether oxygens (including phenoxy) is 2. The van der Waals surface area contributed by atoms with Gasteiger partial charge in [0, 0.05) is 6.54 Å². The van der Waals surface area contributed by atoms with Gasteiger partial charge in [0.25, 0.3) is 0 Å². The molecule has 2 aromatic carbocycles. The number of methoxy groups -OCH3 is 1. The van der Waals surface area contributed by atoms with Gasteiger partial charge in [-0.3, -0.25) is 0 Å². The van der Waals surface area contributed by atoms with E-state index in [9.17, 15) is 0 Å². The van der Waals surface area contributed by atoms with Crippen LogP contribution in [0.25, 0.3) is 0 Å². The van der Waals surface area contributed by atoms with Gasteiger partial charge in [-0.15, -0.1) is 0 Å². The highest BCUT2D eigenvalue weighted by Crippen LogP contribution is 2.37. The number of anilines is 1. The maximum absolute atomic E-state index is 6.40. The fourth-order valence-electron chi connectivity index (χ4n) is 2.45. The van der Waals surface area contributed by atoms with Crippen LogP contribution < -0.4 is 14.8 Å². The molecule has 7 heteroatoms. The molecule has 2 N–H and O–H groups in total. The summed E-state index contributed by atoms with van der Waals surface area (Å²) in [4.78, 5) is 4.02. The van der Waals surface area contributed by atoms with E-state index in [0.717, 1.165) is 11.1 Å². The van der Waals surface area contributed by atoms with Gasteiger partial charge in [-0.2, -0.15) is 5.10 Å². The van der Waals surface area contributed by atoms with Crippen LogP contribution in [-0.4, -0.2) is 22.3 Å². The standard InChI is InChI=1S/C18H19ClN4O2/c1-12-4-3-5-13(6-12)10-25-17-15(19)7-14(8-16(17)24-2)9-20-18-21-11-22-23-18/h3-8,11H,9-10H2,1-2H3,(H2,20,21,22,23). The third-order valence-corrected chi connectivity index (χ3v) is 3.91. The predicted octanol–water partition coefficient (Wildman–Crippen LogP) is 3.97. The van der Waals surface area contributed by atoms with Crippen molar-refractivity contribution in [1.29, 1.82) is 0 Å². The number of aromatic amines is 1. The molecule has 3 rings (SSSR count). The Morgan fingerprint density at radius 2 is 2.08 bits per heavy atom. The van der Waals surface area contributed by atoms with Crippen LogP contribution in [0.15, 0.2) is 42.7 Å². The summed E-state index contributed by atoms with van der Waals surface area (Å²) in [5.41, 5.74) is 3.21. The lowest BCUT2D eigenvalue weighted by molar-refractivity contribution is 0.284. The highest BCUT2D eigenvalue weighted by atomic mass is 35.5. The summed E-state index contributed by atoms with van der Waals surface area (Å²) in [5, 5.41) is 10.2. The van der Waals surface area contributed by atoms with Crippen LogP contribution in [0.1, 0.15) is 16.7 Å². The number of hydrogen-bond donors (Lipinski definition) is 2. The third kappa shape index (κ3) is 4.42. The Bertz CT molecular complexity index is 837. The molecular formula is C18H19ClN4O2. The smallest absolute Gasteiger partial charge is 0.218 e. The lowest BCUT2D eigenvalue weighted by Gasteiger charge is -2.14. The van der Waals surface area contributed by atoms with Crippen LogP contribution in [0.2, 0.25) is 5.02 Å².